The number of halogens is 1. The molecule has 154 valence electrons. The van der Waals surface area contributed by atoms with Crippen LogP contribution < -0.4 is 11.2 Å². The van der Waals surface area contributed by atoms with Crippen LogP contribution in [-0.2, 0) is 13.0 Å². The Hall–Kier alpha value is -2.89. The molecule has 0 saturated carbocycles. The second kappa shape index (κ2) is 8.86. The molecule has 0 saturated heterocycles. The first-order valence-corrected chi connectivity index (χ1v) is 10.4. The molecule has 1 aliphatic carbocycles. The standard InChI is InChI=1S/C24H23ClN2O3/c25-21-11-6-16(14-28)13-19(21)17-7-9-18(10-8-17)22-20(23(29)27-24(30)26-22)12-15-4-2-1-3-5-15/h1-7,11,13,18,28H,8-10,12,14H2,(H2,26,27,29,30). The molecule has 5 nitrogen and oxygen atoms in total. The van der Waals surface area contributed by atoms with Crippen molar-refractivity contribution in [2.24, 2.45) is 0 Å². The zero-order chi connectivity index (χ0) is 21.1. The molecule has 1 heterocycles. The van der Waals surface area contributed by atoms with Gasteiger partial charge in [0.1, 0.15) is 0 Å². The number of nitrogens with one attached hydrogen (secondary N) is 2. The van der Waals surface area contributed by atoms with E-state index in [0.717, 1.165) is 40.8 Å². The van der Waals surface area contributed by atoms with Crippen molar-refractivity contribution >= 4 is 17.2 Å². The molecule has 2 aromatic carbocycles. The zero-order valence-corrected chi connectivity index (χ0v) is 17.2. The van der Waals surface area contributed by atoms with Crippen molar-refractivity contribution in [3.63, 3.8) is 0 Å². The van der Waals surface area contributed by atoms with E-state index in [9.17, 15) is 14.7 Å². The Labute approximate surface area is 179 Å². The monoisotopic (exact) mass is 422 g/mol. The predicted octanol–water partition coefficient (Wildman–Crippen LogP) is 4.15. The number of aliphatic hydroxyl groups excluding tert-OH is 1. The number of H-pyrrole nitrogens is 2. The number of allylic oxidation sites excluding steroid dienone is 2. The highest BCUT2D eigenvalue weighted by Crippen LogP contribution is 2.38. The minimum atomic E-state index is -0.472. The number of benzene rings is 2. The summed E-state index contributed by atoms with van der Waals surface area (Å²) in [6, 6.07) is 15.3. The maximum Gasteiger partial charge on any atom is 0.325 e. The van der Waals surface area contributed by atoms with Crippen molar-refractivity contribution in [1.29, 1.82) is 0 Å². The fourth-order valence-electron chi connectivity index (χ4n) is 4.11. The lowest BCUT2D eigenvalue weighted by molar-refractivity contribution is 0.282. The third-order valence-electron chi connectivity index (χ3n) is 5.68. The summed E-state index contributed by atoms with van der Waals surface area (Å²) in [5.74, 6) is 0.0577. The van der Waals surface area contributed by atoms with Gasteiger partial charge >= 0.3 is 5.69 Å². The van der Waals surface area contributed by atoms with E-state index in [4.69, 9.17) is 11.6 Å². The number of hydrogen-bond acceptors (Lipinski definition) is 3. The van der Waals surface area contributed by atoms with Crippen LogP contribution in [0.4, 0.5) is 0 Å². The Balaban J connectivity index is 1.65. The largest absolute Gasteiger partial charge is 0.392 e. The van der Waals surface area contributed by atoms with Crippen molar-refractivity contribution < 1.29 is 5.11 Å². The molecule has 0 spiro atoms. The summed E-state index contributed by atoms with van der Waals surface area (Å²) in [5.41, 5.74) is 4.44. The van der Waals surface area contributed by atoms with Crippen LogP contribution in [0.25, 0.3) is 5.57 Å². The van der Waals surface area contributed by atoms with Gasteiger partial charge in [-0.1, -0.05) is 54.1 Å². The summed E-state index contributed by atoms with van der Waals surface area (Å²) in [7, 11) is 0. The number of hydrogen-bond donors (Lipinski definition) is 3. The normalized spacial score (nSPS) is 16.3. The molecule has 3 aromatic rings. The minimum absolute atomic E-state index is 0.0308. The van der Waals surface area contributed by atoms with E-state index in [0.29, 0.717) is 23.4 Å². The van der Waals surface area contributed by atoms with Crippen LogP contribution in [0, 0.1) is 0 Å². The lowest BCUT2D eigenvalue weighted by Gasteiger charge is -2.24. The Kier molecular flexibility index (Phi) is 6.02. The average Bonchev–Trinajstić information content (AvgIpc) is 2.77. The quantitative estimate of drug-likeness (QED) is 0.577. The van der Waals surface area contributed by atoms with E-state index >= 15 is 0 Å². The van der Waals surface area contributed by atoms with Gasteiger partial charge in [-0.15, -0.1) is 0 Å². The van der Waals surface area contributed by atoms with Gasteiger partial charge in [0.15, 0.2) is 0 Å². The Morgan fingerprint density at radius 2 is 1.83 bits per heavy atom. The lowest BCUT2D eigenvalue weighted by atomic mass is 9.82. The van der Waals surface area contributed by atoms with Crippen molar-refractivity contribution in [2.45, 2.75) is 38.2 Å². The van der Waals surface area contributed by atoms with E-state index in [1.807, 2.05) is 48.5 Å². The molecule has 1 aliphatic rings. The Bertz CT molecular complexity index is 1200. The van der Waals surface area contributed by atoms with Crippen LogP contribution in [0.3, 0.4) is 0 Å². The summed E-state index contributed by atoms with van der Waals surface area (Å²) >= 11 is 6.38. The highest BCUT2D eigenvalue weighted by Gasteiger charge is 2.23. The fourth-order valence-corrected chi connectivity index (χ4v) is 4.35. The van der Waals surface area contributed by atoms with Gasteiger partial charge in [-0.2, -0.15) is 0 Å². The highest BCUT2D eigenvalue weighted by atomic mass is 35.5. The molecule has 3 N–H and O–H groups in total. The van der Waals surface area contributed by atoms with Crippen LogP contribution >= 0.6 is 11.6 Å². The Morgan fingerprint density at radius 3 is 2.53 bits per heavy atom. The summed E-state index contributed by atoms with van der Waals surface area (Å²) in [4.78, 5) is 29.8. The van der Waals surface area contributed by atoms with E-state index in [-0.39, 0.29) is 18.1 Å². The maximum absolute atomic E-state index is 12.6. The molecule has 0 aliphatic heterocycles. The van der Waals surface area contributed by atoms with Crippen LogP contribution in [-0.4, -0.2) is 15.1 Å². The molecule has 0 radical (unpaired) electrons. The minimum Gasteiger partial charge on any atom is -0.392 e. The summed E-state index contributed by atoms with van der Waals surface area (Å²) < 4.78 is 0. The fraction of sp³-hybridized carbons (Fsp3) is 0.250. The smallest absolute Gasteiger partial charge is 0.325 e. The number of aliphatic hydroxyl groups is 1. The molecule has 0 amide bonds. The Morgan fingerprint density at radius 1 is 1.03 bits per heavy atom. The van der Waals surface area contributed by atoms with E-state index in [1.54, 1.807) is 0 Å². The summed E-state index contributed by atoms with van der Waals surface area (Å²) in [6.07, 6.45) is 4.88. The number of rotatable bonds is 5. The van der Waals surface area contributed by atoms with Gasteiger partial charge in [-0.3, -0.25) is 9.78 Å². The van der Waals surface area contributed by atoms with Crippen molar-refractivity contribution in [2.75, 3.05) is 0 Å². The summed E-state index contributed by atoms with van der Waals surface area (Å²) in [6.45, 7) is -0.0308. The third kappa shape index (κ3) is 4.32. The van der Waals surface area contributed by atoms with Crippen LogP contribution in [0.2, 0.25) is 5.02 Å². The lowest BCUT2D eigenvalue weighted by Crippen LogP contribution is -2.30. The van der Waals surface area contributed by atoms with E-state index < -0.39 is 5.69 Å². The molecule has 30 heavy (non-hydrogen) atoms. The van der Waals surface area contributed by atoms with Gasteiger partial charge in [0.25, 0.3) is 5.56 Å². The highest BCUT2D eigenvalue weighted by molar-refractivity contribution is 6.32. The molecule has 1 unspecified atom stereocenters. The second-order valence-electron chi connectivity index (χ2n) is 7.64. The van der Waals surface area contributed by atoms with Crippen LogP contribution in [0.5, 0.6) is 0 Å². The van der Waals surface area contributed by atoms with Crippen LogP contribution in [0.1, 0.15) is 53.1 Å². The molecular formula is C24H23ClN2O3. The SMILES string of the molecule is O=c1[nH]c(C2CC=C(c3cc(CO)ccc3Cl)CC2)c(Cc2ccccc2)c(=O)[nH]1. The first kappa shape index (κ1) is 20.4. The van der Waals surface area contributed by atoms with E-state index in [1.165, 1.54) is 0 Å². The van der Waals surface area contributed by atoms with Crippen molar-refractivity contribution in [3.8, 4) is 0 Å². The van der Waals surface area contributed by atoms with Gasteiger partial charge in [0.2, 0.25) is 0 Å². The first-order chi connectivity index (χ1) is 14.5. The first-order valence-electron chi connectivity index (χ1n) is 10.0. The molecule has 1 atom stereocenters. The number of aromatic amines is 2. The number of aromatic nitrogens is 2. The van der Waals surface area contributed by atoms with Gasteiger partial charge in [-0.25, -0.2) is 4.79 Å². The molecule has 6 heteroatoms. The average molecular weight is 423 g/mol. The van der Waals surface area contributed by atoms with E-state index in [2.05, 4.69) is 16.0 Å². The molecule has 1 aromatic heterocycles. The third-order valence-corrected chi connectivity index (χ3v) is 6.01. The molecule has 4 rings (SSSR count). The van der Waals surface area contributed by atoms with Crippen molar-refractivity contribution in [1.82, 2.24) is 9.97 Å². The second-order valence-corrected chi connectivity index (χ2v) is 8.04. The van der Waals surface area contributed by atoms with Gasteiger partial charge in [0.05, 0.1) is 6.61 Å². The maximum atomic E-state index is 12.6. The summed E-state index contributed by atoms with van der Waals surface area (Å²) in [5, 5.41) is 10.1. The van der Waals surface area contributed by atoms with Gasteiger partial charge in [-0.05, 0) is 53.7 Å². The van der Waals surface area contributed by atoms with Gasteiger partial charge < -0.3 is 10.1 Å². The topological polar surface area (TPSA) is 85.9 Å². The molecule has 0 bridgehead atoms. The zero-order valence-electron chi connectivity index (χ0n) is 16.5. The predicted molar refractivity (Wildman–Crippen MR) is 119 cm³/mol. The molecular weight excluding hydrogens is 400 g/mol. The van der Waals surface area contributed by atoms with Gasteiger partial charge in [0, 0.05) is 28.6 Å². The van der Waals surface area contributed by atoms with Crippen LogP contribution in [0.15, 0.2) is 64.2 Å². The van der Waals surface area contributed by atoms with Crippen molar-refractivity contribution in [3.05, 3.63) is 108 Å². The molecule has 0 fully saturated rings.